The van der Waals surface area contributed by atoms with Gasteiger partial charge in [-0.2, -0.15) is 5.10 Å². The summed E-state index contributed by atoms with van der Waals surface area (Å²) in [5.41, 5.74) is 5.15. The number of amides is 1. The van der Waals surface area contributed by atoms with Crippen LogP contribution in [0.3, 0.4) is 0 Å². The molecule has 44 heavy (non-hydrogen) atoms. The zero-order chi connectivity index (χ0) is 30.4. The molecule has 8 nitrogen and oxygen atoms in total. The van der Waals surface area contributed by atoms with Crippen molar-refractivity contribution in [1.82, 2.24) is 5.01 Å². The van der Waals surface area contributed by atoms with E-state index in [1.165, 1.54) is 0 Å². The van der Waals surface area contributed by atoms with Crippen molar-refractivity contribution in [1.29, 1.82) is 0 Å². The van der Waals surface area contributed by atoms with E-state index in [0.717, 1.165) is 59.8 Å². The third-order valence-electron chi connectivity index (χ3n) is 8.96. The molecule has 0 aliphatic carbocycles. The lowest BCUT2D eigenvalue weighted by Crippen LogP contribution is -2.44. The van der Waals surface area contributed by atoms with E-state index in [0.29, 0.717) is 28.6 Å². The van der Waals surface area contributed by atoms with Crippen molar-refractivity contribution >= 4 is 23.5 Å². The zero-order valence-corrected chi connectivity index (χ0v) is 25.5. The number of nitrogens with zero attached hydrogens (tertiary/aromatic N) is 4. The maximum atomic E-state index is 14.3. The van der Waals surface area contributed by atoms with Crippen LogP contribution in [-0.4, -0.2) is 50.1 Å². The fraction of sp³-hybridized carbons (Fsp3) is 0.278. The molecule has 224 valence electrons. The first-order valence-corrected chi connectivity index (χ1v) is 15.4. The second-order valence-corrected chi connectivity index (χ2v) is 11.0. The maximum absolute atomic E-state index is 14.3. The lowest BCUT2D eigenvalue weighted by atomic mass is 9.75. The Hall–Kier alpha value is -4.98. The molecule has 0 N–H and O–H groups in total. The summed E-state index contributed by atoms with van der Waals surface area (Å²) in [4.78, 5) is 18.9. The largest absolute Gasteiger partial charge is 0.456 e. The number of fused-ring (bicyclic) bond motifs is 7. The van der Waals surface area contributed by atoms with Gasteiger partial charge in [0.05, 0.1) is 6.21 Å². The number of benzene rings is 4. The lowest BCUT2D eigenvalue weighted by Gasteiger charge is -2.42. The highest BCUT2D eigenvalue weighted by Crippen LogP contribution is 2.58. The molecule has 0 aromatic heterocycles. The van der Waals surface area contributed by atoms with Gasteiger partial charge in [0.1, 0.15) is 17.0 Å². The van der Waals surface area contributed by atoms with E-state index in [9.17, 15) is 4.79 Å². The number of rotatable bonds is 8. The van der Waals surface area contributed by atoms with Crippen molar-refractivity contribution in [2.24, 2.45) is 5.10 Å². The number of carbonyl (C=O) groups excluding carboxylic acids is 1. The first kappa shape index (κ1) is 27.8. The van der Waals surface area contributed by atoms with E-state index in [4.69, 9.17) is 19.3 Å². The predicted molar refractivity (Wildman–Crippen MR) is 173 cm³/mol. The van der Waals surface area contributed by atoms with Gasteiger partial charge < -0.3 is 24.0 Å². The van der Waals surface area contributed by atoms with Gasteiger partial charge in [-0.15, -0.1) is 0 Å². The van der Waals surface area contributed by atoms with Crippen LogP contribution in [0.4, 0.5) is 11.4 Å². The second kappa shape index (κ2) is 10.9. The highest BCUT2D eigenvalue weighted by Gasteiger charge is 2.57. The van der Waals surface area contributed by atoms with Crippen molar-refractivity contribution in [3.63, 3.8) is 0 Å². The molecule has 8 heteroatoms. The molecule has 0 saturated carbocycles. The molecule has 4 aromatic rings. The molecule has 3 aliphatic rings. The van der Waals surface area contributed by atoms with Gasteiger partial charge in [-0.05, 0) is 69.7 Å². The summed E-state index contributed by atoms with van der Waals surface area (Å²) in [5.74, 6) is 2.62. The summed E-state index contributed by atoms with van der Waals surface area (Å²) in [6.07, 6.45) is 1.72. The third kappa shape index (κ3) is 4.12. The van der Waals surface area contributed by atoms with Gasteiger partial charge in [-0.25, -0.2) is 5.01 Å². The fourth-order valence-corrected chi connectivity index (χ4v) is 6.76. The number of hydrazone groups is 1. The summed E-state index contributed by atoms with van der Waals surface area (Å²) in [5, 5.41) is 6.59. The molecule has 0 unspecified atom stereocenters. The van der Waals surface area contributed by atoms with Gasteiger partial charge in [0, 0.05) is 71.9 Å². The Morgan fingerprint density at radius 2 is 1.34 bits per heavy atom. The number of hydrogen-bond acceptors (Lipinski definition) is 7. The van der Waals surface area contributed by atoms with Crippen LogP contribution in [0.15, 0.2) is 84.0 Å². The molecule has 3 heterocycles. The number of anilines is 2. The minimum absolute atomic E-state index is 0.169. The molecule has 4 aromatic carbocycles. The van der Waals surface area contributed by atoms with Crippen LogP contribution in [0.5, 0.6) is 23.0 Å². The molecule has 0 saturated heterocycles. The van der Waals surface area contributed by atoms with E-state index < -0.39 is 5.54 Å². The van der Waals surface area contributed by atoms with Crippen molar-refractivity contribution < 1.29 is 19.0 Å². The summed E-state index contributed by atoms with van der Waals surface area (Å²) in [6, 6.07) is 26.1. The smallest absolute Gasteiger partial charge is 0.275 e. The van der Waals surface area contributed by atoms with Gasteiger partial charge in [-0.3, -0.25) is 4.79 Å². The lowest BCUT2D eigenvalue weighted by molar-refractivity contribution is 0.0675. The zero-order valence-electron chi connectivity index (χ0n) is 25.5. The molecule has 0 radical (unpaired) electrons. The number of hydrogen-bond donors (Lipinski definition) is 0. The van der Waals surface area contributed by atoms with E-state index >= 15 is 0 Å². The number of carbonyl (C=O) groups is 1. The average Bonchev–Trinajstić information content (AvgIpc) is 3.62. The molecular formula is C36H36N4O4. The van der Waals surface area contributed by atoms with Crippen molar-refractivity contribution in [3.05, 3.63) is 107 Å². The van der Waals surface area contributed by atoms with Gasteiger partial charge >= 0.3 is 0 Å². The second-order valence-electron chi connectivity index (χ2n) is 11.0. The van der Waals surface area contributed by atoms with Crippen molar-refractivity contribution in [3.8, 4) is 23.0 Å². The first-order chi connectivity index (χ1) is 21.5. The summed E-state index contributed by atoms with van der Waals surface area (Å²) in [7, 11) is 0. The van der Waals surface area contributed by atoms with Crippen LogP contribution in [-0.2, 0) is 5.54 Å². The standard InChI is InChI=1S/C36H36N4O4/c1-5-38(6-2)25-14-16-29-32(20-25)44-33-21-26(39(7-3)8-4)15-17-30(33)36(29)28-12-10-9-11-27(28)35(41)40(36)37-22-24-13-18-31-34(19-24)43-23-42-31/h9-22H,5-8,23H2,1-4H3/b37-22+. The number of ether oxygens (including phenoxy) is 3. The Kier molecular flexibility index (Phi) is 6.92. The van der Waals surface area contributed by atoms with Crippen LogP contribution < -0.4 is 24.0 Å². The first-order valence-electron chi connectivity index (χ1n) is 15.4. The summed E-state index contributed by atoms with van der Waals surface area (Å²) >= 11 is 0. The maximum Gasteiger partial charge on any atom is 0.275 e. The van der Waals surface area contributed by atoms with Crippen LogP contribution in [0, 0.1) is 0 Å². The Morgan fingerprint density at radius 3 is 1.98 bits per heavy atom. The Bertz CT molecular complexity index is 1710. The Balaban J connectivity index is 1.47. The van der Waals surface area contributed by atoms with E-state index in [1.807, 2.05) is 42.5 Å². The normalized spacial score (nSPS) is 15.3. The Morgan fingerprint density at radius 1 is 0.727 bits per heavy atom. The molecule has 1 amide bonds. The van der Waals surface area contributed by atoms with Crippen LogP contribution in [0.1, 0.15) is 60.3 Å². The van der Waals surface area contributed by atoms with Gasteiger partial charge in [0.25, 0.3) is 5.91 Å². The summed E-state index contributed by atoms with van der Waals surface area (Å²) < 4.78 is 17.8. The molecule has 0 bridgehead atoms. The summed E-state index contributed by atoms with van der Waals surface area (Å²) in [6.45, 7) is 12.3. The minimum atomic E-state index is -1.03. The molecule has 3 aliphatic heterocycles. The van der Waals surface area contributed by atoms with Gasteiger partial charge in [0.15, 0.2) is 11.5 Å². The monoisotopic (exact) mass is 588 g/mol. The minimum Gasteiger partial charge on any atom is -0.456 e. The molecule has 0 atom stereocenters. The quantitative estimate of drug-likeness (QED) is 0.207. The highest BCUT2D eigenvalue weighted by atomic mass is 16.7. The van der Waals surface area contributed by atoms with Gasteiger partial charge in [0.2, 0.25) is 6.79 Å². The molecule has 1 spiro atoms. The van der Waals surface area contributed by atoms with E-state index in [-0.39, 0.29) is 12.7 Å². The average molecular weight is 589 g/mol. The molecule has 7 rings (SSSR count). The topological polar surface area (TPSA) is 66.8 Å². The highest BCUT2D eigenvalue weighted by molar-refractivity contribution is 6.03. The van der Waals surface area contributed by atoms with Crippen LogP contribution in [0.25, 0.3) is 0 Å². The third-order valence-corrected chi connectivity index (χ3v) is 8.96. The van der Waals surface area contributed by atoms with Crippen molar-refractivity contribution in [2.75, 3.05) is 42.8 Å². The molecular weight excluding hydrogens is 552 g/mol. The SMILES string of the molecule is CCN(CC)c1ccc2c(c1)Oc1cc(N(CC)CC)ccc1C21c2ccccc2C(=O)N1/N=C/c1ccc2c(c1)OCO2. The predicted octanol–water partition coefficient (Wildman–Crippen LogP) is 7.00. The van der Waals surface area contributed by atoms with Crippen molar-refractivity contribution in [2.45, 2.75) is 33.2 Å². The van der Waals surface area contributed by atoms with Crippen LogP contribution >= 0.6 is 0 Å². The molecule has 0 fully saturated rings. The van der Waals surface area contributed by atoms with Crippen LogP contribution in [0.2, 0.25) is 0 Å². The fourth-order valence-electron chi connectivity index (χ4n) is 6.76. The van der Waals surface area contributed by atoms with Gasteiger partial charge in [-0.1, -0.05) is 30.3 Å². The Labute approximate surface area is 258 Å². The van der Waals surface area contributed by atoms with E-state index in [2.05, 4.69) is 73.9 Å². The van der Waals surface area contributed by atoms with E-state index in [1.54, 1.807) is 11.2 Å².